The summed E-state index contributed by atoms with van der Waals surface area (Å²) in [6, 6.07) is 7.35. The van der Waals surface area contributed by atoms with Crippen LogP contribution in [-0.4, -0.2) is 41.7 Å². The molecule has 4 rings (SSSR count). The minimum Gasteiger partial charge on any atom is -0.488 e. The number of aryl methyl sites for hydroxylation is 1. The van der Waals surface area contributed by atoms with Crippen LogP contribution in [0.25, 0.3) is 0 Å². The fraction of sp³-hybridized carbons (Fsp3) is 0.500. The molecule has 1 saturated heterocycles. The van der Waals surface area contributed by atoms with Crippen LogP contribution >= 0.6 is 11.6 Å². The first-order valence-corrected chi connectivity index (χ1v) is 10.5. The van der Waals surface area contributed by atoms with Gasteiger partial charge in [-0.25, -0.2) is 4.98 Å². The molecule has 4 nitrogen and oxygen atoms in total. The molecule has 0 unspecified atom stereocenters. The number of nitrogens with zero attached hydrogens (tertiary/aromatic N) is 3. The van der Waals surface area contributed by atoms with Gasteiger partial charge in [0.25, 0.3) is 0 Å². The van der Waals surface area contributed by atoms with Crippen molar-refractivity contribution in [3.05, 3.63) is 52.2 Å². The molecular formula is C22H25ClF3N3O. The third-order valence-electron chi connectivity index (χ3n) is 5.73. The molecule has 8 heteroatoms. The van der Waals surface area contributed by atoms with Gasteiger partial charge in [0.15, 0.2) is 0 Å². The average molecular weight is 440 g/mol. The Balaban J connectivity index is 1.36. The minimum absolute atomic E-state index is 0.0379. The number of piperazine rings is 1. The lowest BCUT2D eigenvalue weighted by molar-refractivity contribution is -0.137. The van der Waals surface area contributed by atoms with Crippen molar-refractivity contribution in [2.24, 2.45) is 0 Å². The SMILES string of the molecule is CC1(C)CCc2cc(CN3CCN(c4ncc(C(F)(F)F)cc4Cl)CC3)ccc2O1. The van der Waals surface area contributed by atoms with Crippen molar-refractivity contribution in [2.45, 2.75) is 45.0 Å². The molecule has 0 aliphatic carbocycles. The number of hydrogen-bond acceptors (Lipinski definition) is 4. The summed E-state index contributed by atoms with van der Waals surface area (Å²) in [6.07, 6.45) is -1.57. The van der Waals surface area contributed by atoms with Crippen molar-refractivity contribution in [3.8, 4) is 5.75 Å². The highest BCUT2D eigenvalue weighted by atomic mass is 35.5. The van der Waals surface area contributed by atoms with Crippen molar-refractivity contribution in [1.29, 1.82) is 0 Å². The van der Waals surface area contributed by atoms with Gasteiger partial charge in [-0.15, -0.1) is 0 Å². The van der Waals surface area contributed by atoms with E-state index in [0.717, 1.165) is 50.5 Å². The summed E-state index contributed by atoms with van der Waals surface area (Å²) in [5, 5.41) is 0.0379. The number of rotatable bonds is 3. The number of halogens is 4. The van der Waals surface area contributed by atoms with Gasteiger partial charge in [0.1, 0.15) is 17.2 Å². The van der Waals surface area contributed by atoms with Crippen LogP contribution in [0.1, 0.15) is 37.0 Å². The summed E-state index contributed by atoms with van der Waals surface area (Å²) < 4.78 is 44.5. The van der Waals surface area contributed by atoms with Crippen LogP contribution in [0.4, 0.5) is 19.0 Å². The van der Waals surface area contributed by atoms with Crippen molar-refractivity contribution in [3.63, 3.8) is 0 Å². The molecule has 30 heavy (non-hydrogen) atoms. The highest BCUT2D eigenvalue weighted by Gasteiger charge is 2.32. The van der Waals surface area contributed by atoms with Gasteiger partial charge in [-0.1, -0.05) is 23.7 Å². The molecule has 0 amide bonds. The first kappa shape index (κ1) is 21.2. The molecule has 0 bridgehead atoms. The second-order valence-electron chi connectivity index (χ2n) is 8.59. The minimum atomic E-state index is -4.44. The summed E-state index contributed by atoms with van der Waals surface area (Å²) in [5.41, 5.74) is 1.57. The summed E-state index contributed by atoms with van der Waals surface area (Å²) in [6.45, 7) is 7.97. The quantitative estimate of drug-likeness (QED) is 0.659. The van der Waals surface area contributed by atoms with Gasteiger partial charge in [0.05, 0.1) is 10.6 Å². The number of pyridine rings is 1. The second-order valence-corrected chi connectivity index (χ2v) is 9.00. The monoisotopic (exact) mass is 439 g/mol. The smallest absolute Gasteiger partial charge is 0.417 e. The van der Waals surface area contributed by atoms with E-state index in [4.69, 9.17) is 16.3 Å². The zero-order valence-corrected chi connectivity index (χ0v) is 17.9. The second kappa shape index (κ2) is 7.93. The topological polar surface area (TPSA) is 28.6 Å². The Morgan fingerprint density at radius 1 is 1.13 bits per heavy atom. The molecular weight excluding hydrogens is 415 g/mol. The van der Waals surface area contributed by atoms with Crippen molar-refractivity contribution in [1.82, 2.24) is 9.88 Å². The normalized spacial score (nSPS) is 19.3. The Morgan fingerprint density at radius 3 is 2.53 bits per heavy atom. The van der Waals surface area contributed by atoms with E-state index in [1.54, 1.807) is 0 Å². The standard InChI is InChI=1S/C22H25ClF3N3O/c1-21(2)6-5-16-11-15(3-4-19(16)30-21)14-28-7-9-29(10-8-28)20-18(23)12-17(13-27-20)22(24,25)26/h3-4,11-13H,5-10,14H2,1-2H3. The maximum Gasteiger partial charge on any atom is 0.417 e. The third kappa shape index (κ3) is 4.67. The van der Waals surface area contributed by atoms with Crippen LogP contribution < -0.4 is 9.64 Å². The largest absolute Gasteiger partial charge is 0.488 e. The zero-order valence-electron chi connectivity index (χ0n) is 17.1. The highest BCUT2D eigenvalue weighted by Crippen LogP contribution is 2.35. The van der Waals surface area contributed by atoms with Gasteiger partial charge in [-0.05, 0) is 49.9 Å². The summed E-state index contributed by atoms with van der Waals surface area (Å²) in [5.74, 6) is 1.39. The van der Waals surface area contributed by atoms with Crippen molar-refractivity contribution in [2.75, 3.05) is 31.1 Å². The lowest BCUT2D eigenvalue weighted by atomic mass is 9.93. The van der Waals surface area contributed by atoms with E-state index in [-0.39, 0.29) is 10.6 Å². The Bertz CT molecular complexity index is 924. The predicted molar refractivity (Wildman–Crippen MR) is 111 cm³/mol. The first-order chi connectivity index (χ1) is 14.1. The molecule has 0 atom stereocenters. The molecule has 3 heterocycles. The van der Waals surface area contributed by atoms with Gasteiger partial charge in [-0.3, -0.25) is 4.90 Å². The van der Waals surface area contributed by atoms with Crippen LogP contribution in [0.5, 0.6) is 5.75 Å². The van der Waals surface area contributed by atoms with E-state index >= 15 is 0 Å². The van der Waals surface area contributed by atoms with Crippen LogP contribution in [0.15, 0.2) is 30.5 Å². The van der Waals surface area contributed by atoms with E-state index < -0.39 is 11.7 Å². The molecule has 0 radical (unpaired) electrons. The molecule has 1 aromatic carbocycles. The van der Waals surface area contributed by atoms with Gasteiger partial charge in [0.2, 0.25) is 0 Å². The summed E-state index contributed by atoms with van der Waals surface area (Å²) in [4.78, 5) is 8.26. The third-order valence-corrected chi connectivity index (χ3v) is 6.01. The molecule has 2 aliphatic heterocycles. The molecule has 0 saturated carbocycles. The van der Waals surface area contributed by atoms with Crippen LogP contribution in [0.2, 0.25) is 5.02 Å². The van der Waals surface area contributed by atoms with E-state index in [1.165, 1.54) is 11.1 Å². The first-order valence-electron chi connectivity index (χ1n) is 10.1. The average Bonchev–Trinajstić information content (AvgIpc) is 2.68. The van der Waals surface area contributed by atoms with Crippen LogP contribution in [0, 0.1) is 0 Å². The lowest BCUT2D eigenvalue weighted by Gasteiger charge is -2.36. The maximum absolute atomic E-state index is 12.8. The number of fused-ring (bicyclic) bond motifs is 1. The number of alkyl halides is 3. The molecule has 1 fully saturated rings. The molecule has 2 aromatic rings. The summed E-state index contributed by atoms with van der Waals surface area (Å²) >= 11 is 6.09. The predicted octanol–water partition coefficient (Wildman–Crippen LogP) is 5.18. The van der Waals surface area contributed by atoms with E-state index in [9.17, 15) is 13.2 Å². The van der Waals surface area contributed by atoms with Gasteiger partial charge in [0, 0.05) is 38.9 Å². The number of hydrogen-bond donors (Lipinski definition) is 0. The van der Waals surface area contributed by atoms with Gasteiger partial charge >= 0.3 is 6.18 Å². The number of anilines is 1. The Morgan fingerprint density at radius 2 is 1.87 bits per heavy atom. The number of benzene rings is 1. The molecule has 2 aliphatic rings. The van der Waals surface area contributed by atoms with Gasteiger partial charge in [-0.2, -0.15) is 13.2 Å². The number of ether oxygens (including phenoxy) is 1. The van der Waals surface area contributed by atoms with Crippen molar-refractivity contribution >= 4 is 17.4 Å². The van der Waals surface area contributed by atoms with Crippen LogP contribution in [0.3, 0.4) is 0 Å². The van der Waals surface area contributed by atoms with E-state index in [1.807, 2.05) is 4.90 Å². The van der Waals surface area contributed by atoms with Gasteiger partial charge < -0.3 is 9.64 Å². The fourth-order valence-electron chi connectivity index (χ4n) is 4.00. The van der Waals surface area contributed by atoms with E-state index in [2.05, 4.69) is 41.9 Å². The van der Waals surface area contributed by atoms with E-state index in [0.29, 0.717) is 18.9 Å². The molecule has 1 aromatic heterocycles. The fourth-order valence-corrected chi connectivity index (χ4v) is 4.29. The highest BCUT2D eigenvalue weighted by molar-refractivity contribution is 6.33. The lowest BCUT2D eigenvalue weighted by Crippen LogP contribution is -2.46. The zero-order chi connectivity index (χ0) is 21.5. The molecule has 0 N–H and O–H groups in total. The molecule has 162 valence electrons. The Hall–Kier alpha value is -1.99. The Kier molecular flexibility index (Phi) is 5.62. The molecule has 0 spiro atoms. The van der Waals surface area contributed by atoms with Crippen LogP contribution in [-0.2, 0) is 19.1 Å². The van der Waals surface area contributed by atoms with Crippen molar-refractivity contribution < 1.29 is 17.9 Å². The Labute approximate surface area is 179 Å². The number of aromatic nitrogens is 1. The summed E-state index contributed by atoms with van der Waals surface area (Å²) in [7, 11) is 0. The maximum atomic E-state index is 12.8.